The molecule has 11 heavy (non-hydrogen) atoms. The molecule has 0 radical (unpaired) electrons. The van der Waals surface area contributed by atoms with Gasteiger partial charge in [0.1, 0.15) is 0 Å². The number of hydrogen-bond donors (Lipinski definition) is 1. The molecule has 0 spiro atoms. The van der Waals surface area contributed by atoms with Crippen LogP contribution in [0.1, 0.15) is 18.9 Å². The number of aryl methyl sites for hydroxylation is 1. The zero-order chi connectivity index (χ0) is 8.10. The summed E-state index contributed by atoms with van der Waals surface area (Å²) in [5, 5.41) is 0. The predicted octanol–water partition coefficient (Wildman–Crippen LogP) is 1.40. The van der Waals surface area contributed by atoms with Crippen LogP contribution in [0.25, 0.3) is 0 Å². The summed E-state index contributed by atoms with van der Waals surface area (Å²) in [6.45, 7) is 3.85. The quantitative estimate of drug-likeness (QED) is 0.694. The fraction of sp³-hybridized carbons (Fsp3) is 0.556. The van der Waals surface area contributed by atoms with E-state index in [1.165, 1.54) is 18.4 Å². The van der Waals surface area contributed by atoms with Crippen LogP contribution < -0.4 is 5.73 Å². The van der Waals surface area contributed by atoms with Crippen molar-refractivity contribution in [2.75, 3.05) is 6.54 Å². The lowest BCUT2D eigenvalue weighted by Gasteiger charge is -1.96. The van der Waals surface area contributed by atoms with E-state index in [1.807, 2.05) is 0 Å². The highest BCUT2D eigenvalue weighted by Crippen LogP contribution is 2.03. The molecule has 62 valence electrons. The molecule has 0 aliphatic rings. The standard InChI is InChI=1S/C9H16N2/c1-2-3-9-4-6-11(8-9)7-5-10/h4,6,8H,2-3,5,7,10H2,1H3. The first kappa shape index (κ1) is 8.34. The summed E-state index contributed by atoms with van der Waals surface area (Å²) in [5.41, 5.74) is 6.84. The van der Waals surface area contributed by atoms with Gasteiger partial charge in [-0.05, 0) is 18.1 Å². The van der Waals surface area contributed by atoms with Gasteiger partial charge in [0.25, 0.3) is 0 Å². The lowest BCUT2D eigenvalue weighted by Crippen LogP contribution is -2.07. The molecule has 0 saturated carbocycles. The molecule has 0 aliphatic carbocycles. The Morgan fingerprint density at radius 1 is 1.55 bits per heavy atom. The molecule has 0 unspecified atom stereocenters. The summed E-state index contributed by atoms with van der Waals surface area (Å²) >= 11 is 0. The van der Waals surface area contributed by atoms with Gasteiger partial charge in [-0.3, -0.25) is 0 Å². The minimum atomic E-state index is 0.722. The van der Waals surface area contributed by atoms with Gasteiger partial charge in [-0.15, -0.1) is 0 Å². The second-order valence-corrected chi connectivity index (χ2v) is 2.80. The van der Waals surface area contributed by atoms with Crippen LogP contribution in [0.2, 0.25) is 0 Å². The number of rotatable bonds is 4. The summed E-state index contributed by atoms with van der Waals surface area (Å²) in [5.74, 6) is 0. The van der Waals surface area contributed by atoms with Crippen LogP contribution in [-0.2, 0) is 13.0 Å². The third-order valence-electron chi connectivity index (χ3n) is 1.74. The number of aromatic nitrogens is 1. The van der Waals surface area contributed by atoms with Crippen molar-refractivity contribution in [1.29, 1.82) is 0 Å². The van der Waals surface area contributed by atoms with Gasteiger partial charge in [-0.1, -0.05) is 13.3 Å². The average molecular weight is 152 g/mol. The topological polar surface area (TPSA) is 30.9 Å². The normalized spacial score (nSPS) is 10.4. The van der Waals surface area contributed by atoms with Crippen molar-refractivity contribution in [2.24, 2.45) is 5.73 Å². The molecule has 0 bridgehead atoms. The minimum Gasteiger partial charge on any atom is -0.353 e. The summed E-state index contributed by atoms with van der Waals surface area (Å²) < 4.78 is 2.14. The van der Waals surface area contributed by atoms with E-state index >= 15 is 0 Å². The van der Waals surface area contributed by atoms with Crippen LogP contribution in [0.5, 0.6) is 0 Å². The van der Waals surface area contributed by atoms with Gasteiger partial charge in [0, 0.05) is 25.5 Å². The molecular weight excluding hydrogens is 136 g/mol. The lowest BCUT2D eigenvalue weighted by atomic mass is 10.2. The summed E-state index contributed by atoms with van der Waals surface area (Å²) in [7, 11) is 0. The zero-order valence-corrected chi connectivity index (χ0v) is 7.09. The van der Waals surface area contributed by atoms with Crippen molar-refractivity contribution in [3.8, 4) is 0 Å². The Labute approximate surface area is 68.0 Å². The Bertz CT molecular complexity index is 183. The molecule has 1 aromatic heterocycles. The maximum atomic E-state index is 5.42. The highest BCUT2D eigenvalue weighted by Gasteiger charge is 1.93. The largest absolute Gasteiger partial charge is 0.353 e. The van der Waals surface area contributed by atoms with E-state index < -0.39 is 0 Å². The first-order valence-electron chi connectivity index (χ1n) is 4.21. The van der Waals surface area contributed by atoms with Crippen molar-refractivity contribution in [1.82, 2.24) is 4.57 Å². The molecule has 0 aromatic carbocycles. The van der Waals surface area contributed by atoms with Crippen molar-refractivity contribution in [3.63, 3.8) is 0 Å². The van der Waals surface area contributed by atoms with Gasteiger partial charge in [-0.25, -0.2) is 0 Å². The molecule has 2 N–H and O–H groups in total. The monoisotopic (exact) mass is 152 g/mol. The molecule has 0 fully saturated rings. The van der Waals surface area contributed by atoms with Crippen LogP contribution in [0.4, 0.5) is 0 Å². The van der Waals surface area contributed by atoms with Crippen LogP contribution in [-0.4, -0.2) is 11.1 Å². The maximum Gasteiger partial charge on any atom is 0.0342 e. The van der Waals surface area contributed by atoms with Gasteiger partial charge < -0.3 is 10.3 Å². The predicted molar refractivity (Wildman–Crippen MR) is 47.5 cm³/mol. The van der Waals surface area contributed by atoms with E-state index in [2.05, 4.69) is 30.0 Å². The van der Waals surface area contributed by atoms with Crippen molar-refractivity contribution in [3.05, 3.63) is 24.0 Å². The Morgan fingerprint density at radius 3 is 3.00 bits per heavy atom. The Hall–Kier alpha value is -0.760. The third-order valence-corrected chi connectivity index (χ3v) is 1.74. The third kappa shape index (κ3) is 2.39. The van der Waals surface area contributed by atoms with Crippen LogP contribution in [0.15, 0.2) is 18.5 Å². The van der Waals surface area contributed by atoms with E-state index in [1.54, 1.807) is 0 Å². The molecule has 1 heterocycles. The molecule has 0 amide bonds. The molecule has 1 aromatic rings. The summed E-state index contributed by atoms with van der Waals surface area (Å²) in [6, 6.07) is 2.17. The van der Waals surface area contributed by atoms with E-state index in [0.717, 1.165) is 13.1 Å². The lowest BCUT2D eigenvalue weighted by molar-refractivity contribution is 0.710. The number of nitrogens with zero attached hydrogens (tertiary/aromatic N) is 1. The Kier molecular flexibility index (Phi) is 3.17. The fourth-order valence-electron chi connectivity index (χ4n) is 1.22. The highest BCUT2D eigenvalue weighted by atomic mass is 14.9. The summed E-state index contributed by atoms with van der Waals surface area (Å²) in [6.07, 6.45) is 6.67. The van der Waals surface area contributed by atoms with Gasteiger partial charge in [0.2, 0.25) is 0 Å². The molecule has 2 nitrogen and oxygen atoms in total. The average Bonchev–Trinajstić information content (AvgIpc) is 2.38. The maximum absolute atomic E-state index is 5.42. The second kappa shape index (κ2) is 4.19. The molecule has 2 heteroatoms. The van der Waals surface area contributed by atoms with Gasteiger partial charge in [0.05, 0.1) is 0 Å². The first-order chi connectivity index (χ1) is 5.36. The highest BCUT2D eigenvalue weighted by molar-refractivity contribution is 5.10. The van der Waals surface area contributed by atoms with E-state index in [9.17, 15) is 0 Å². The number of nitrogens with two attached hydrogens (primary N) is 1. The van der Waals surface area contributed by atoms with Crippen molar-refractivity contribution < 1.29 is 0 Å². The van der Waals surface area contributed by atoms with Crippen LogP contribution in [0, 0.1) is 0 Å². The molecule has 0 aliphatic heterocycles. The fourth-order valence-corrected chi connectivity index (χ4v) is 1.22. The molecule has 0 atom stereocenters. The SMILES string of the molecule is CCCc1ccn(CCN)c1. The smallest absolute Gasteiger partial charge is 0.0342 e. The van der Waals surface area contributed by atoms with Gasteiger partial charge in [0.15, 0.2) is 0 Å². The van der Waals surface area contributed by atoms with Crippen molar-refractivity contribution >= 4 is 0 Å². The zero-order valence-electron chi connectivity index (χ0n) is 7.09. The Balaban J connectivity index is 2.51. The summed E-state index contributed by atoms with van der Waals surface area (Å²) in [4.78, 5) is 0. The molecule has 1 rings (SSSR count). The minimum absolute atomic E-state index is 0.722. The van der Waals surface area contributed by atoms with Crippen LogP contribution >= 0.6 is 0 Å². The van der Waals surface area contributed by atoms with E-state index in [-0.39, 0.29) is 0 Å². The van der Waals surface area contributed by atoms with Crippen molar-refractivity contribution in [2.45, 2.75) is 26.3 Å². The Morgan fingerprint density at radius 2 is 2.36 bits per heavy atom. The number of hydrogen-bond acceptors (Lipinski definition) is 1. The second-order valence-electron chi connectivity index (χ2n) is 2.80. The molecular formula is C9H16N2. The molecule has 0 saturated heterocycles. The first-order valence-corrected chi connectivity index (χ1v) is 4.21. The van der Waals surface area contributed by atoms with Gasteiger partial charge >= 0.3 is 0 Å². The van der Waals surface area contributed by atoms with E-state index in [0.29, 0.717) is 0 Å². The van der Waals surface area contributed by atoms with Gasteiger partial charge in [-0.2, -0.15) is 0 Å². The van der Waals surface area contributed by atoms with Crippen LogP contribution in [0.3, 0.4) is 0 Å². The van der Waals surface area contributed by atoms with E-state index in [4.69, 9.17) is 5.73 Å².